The van der Waals surface area contributed by atoms with Gasteiger partial charge >= 0.3 is 0 Å². The highest BCUT2D eigenvalue weighted by molar-refractivity contribution is 5.98. The van der Waals surface area contributed by atoms with E-state index in [9.17, 15) is 4.79 Å². The molecule has 0 amide bonds. The molecule has 0 saturated carbocycles. The van der Waals surface area contributed by atoms with Crippen molar-refractivity contribution in [2.75, 3.05) is 0 Å². The zero-order valence-electron chi connectivity index (χ0n) is 7.29. The molecule has 1 rings (SSSR count). The number of hydrogen-bond donors (Lipinski definition) is 0. The molecule has 1 aliphatic heterocycles. The highest BCUT2D eigenvalue weighted by Crippen LogP contribution is 2.09. The molecule has 0 bridgehead atoms. The van der Waals surface area contributed by atoms with Gasteiger partial charge in [0.2, 0.25) is 0 Å². The van der Waals surface area contributed by atoms with Crippen molar-refractivity contribution in [3.8, 4) is 0 Å². The molecule has 0 aliphatic carbocycles. The lowest BCUT2D eigenvalue weighted by Crippen LogP contribution is -2.31. The van der Waals surface area contributed by atoms with Crippen LogP contribution in [0.5, 0.6) is 0 Å². The van der Waals surface area contributed by atoms with Gasteiger partial charge in [0.25, 0.3) is 0 Å². The van der Waals surface area contributed by atoms with Crippen LogP contribution >= 0.6 is 0 Å². The van der Waals surface area contributed by atoms with Crippen LogP contribution < -0.4 is 0 Å². The van der Waals surface area contributed by atoms with E-state index in [1.807, 2.05) is 12.4 Å². The molecule has 0 fully saturated rings. The van der Waals surface area contributed by atoms with E-state index in [1.165, 1.54) is 0 Å². The van der Waals surface area contributed by atoms with Crippen LogP contribution in [0.2, 0.25) is 0 Å². The molecule has 0 aromatic heterocycles. The minimum atomic E-state index is 0.0944. The third-order valence-electron chi connectivity index (χ3n) is 1.68. The predicted octanol–water partition coefficient (Wildman–Crippen LogP) is 1.35. The zero-order chi connectivity index (χ0) is 8.48. The van der Waals surface area contributed by atoms with E-state index in [-0.39, 0.29) is 11.3 Å². The summed E-state index contributed by atoms with van der Waals surface area (Å²) in [6, 6.07) is 0. The number of carbonyl (C=O) groups is 1. The minimum absolute atomic E-state index is 0.0944. The maximum absolute atomic E-state index is 10.8. The molecule has 1 aliphatic rings. The zero-order valence-corrected chi connectivity index (χ0v) is 7.29. The number of rotatable bonds is 0. The van der Waals surface area contributed by atoms with Crippen molar-refractivity contribution >= 4 is 12.0 Å². The molecule has 0 aromatic rings. The number of hydrogen-bond acceptors (Lipinski definition) is 1. The Labute approximate surface area is 67.2 Å². The second-order valence-corrected chi connectivity index (χ2v) is 3.75. The molecule has 0 atom stereocenters. The van der Waals surface area contributed by atoms with E-state index in [1.54, 1.807) is 6.08 Å². The third kappa shape index (κ3) is 2.00. The molecule has 2 nitrogen and oxygen atoms in total. The van der Waals surface area contributed by atoms with Crippen molar-refractivity contribution < 1.29 is 9.37 Å². The summed E-state index contributed by atoms with van der Waals surface area (Å²) < 4.78 is 2.06. The highest BCUT2D eigenvalue weighted by atomic mass is 16.1. The topological polar surface area (TPSA) is 20.1 Å². The lowest BCUT2D eigenvalue weighted by molar-refractivity contribution is -0.531. The maximum Gasteiger partial charge on any atom is 0.172 e. The largest absolute Gasteiger partial charge is 0.294 e. The Kier molecular flexibility index (Phi) is 1.94. The van der Waals surface area contributed by atoms with E-state index in [0.29, 0.717) is 6.42 Å². The normalized spacial score (nSPS) is 18.5. The van der Waals surface area contributed by atoms with Gasteiger partial charge in [0.05, 0.1) is 6.42 Å². The van der Waals surface area contributed by atoms with Crippen molar-refractivity contribution in [3.63, 3.8) is 0 Å². The molecule has 11 heavy (non-hydrogen) atoms. The molecule has 0 unspecified atom stereocenters. The van der Waals surface area contributed by atoms with Crippen LogP contribution in [0.3, 0.4) is 0 Å². The quantitative estimate of drug-likeness (QED) is 0.480. The van der Waals surface area contributed by atoms with Crippen molar-refractivity contribution in [2.24, 2.45) is 0 Å². The Morgan fingerprint density at radius 1 is 1.45 bits per heavy atom. The van der Waals surface area contributed by atoms with Crippen molar-refractivity contribution in [1.29, 1.82) is 0 Å². The second-order valence-electron chi connectivity index (χ2n) is 3.75. The van der Waals surface area contributed by atoms with E-state index < -0.39 is 0 Å². The van der Waals surface area contributed by atoms with E-state index in [0.717, 1.165) is 0 Å². The van der Waals surface area contributed by atoms with Gasteiger partial charge in [-0.3, -0.25) is 4.79 Å². The van der Waals surface area contributed by atoms with E-state index in [4.69, 9.17) is 0 Å². The van der Waals surface area contributed by atoms with Gasteiger partial charge in [-0.15, -0.1) is 0 Å². The minimum Gasteiger partial charge on any atom is -0.294 e. The average molecular weight is 152 g/mol. The number of carbonyl (C=O) groups excluding carboxylic acids is 1. The monoisotopic (exact) mass is 152 g/mol. The Balaban J connectivity index is 2.79. The molecular formula is C9H14NO+. The fraction of sp³-hybridized carbons (Fsp3) is 0.556. The fourth-order valence-electron chi connectivity index (χ4n) is 0.978. The SMILES string of the molecule is CC(C)(C)[N+]1=CCC(=O)C=C1. The van der Waals surface area contributed by atoms with Gasteiger partial charge < -0.3 is 0 Å². The Bertz CT molecular complexity index is 230. The summed E-state index contributed by atoms with van der Waals surface area (Å²) >= 11 is 0. The molecule has 1 heterocycles. The summed E-state index contributed by atoms with van der Waals surface area (Å²) in [5.41, 5.74) is 0.0944. The maximum atomic E-state index is 10.8. The standard InChI is InChI=1S/C9H14NO/c1-9(2,3)10-6-4-8(11)5-7-10/h4,6-7H,5H2,1-3H3/q+1. The van der Waals surface area contributed by atoms with Crippen LogP contribution in [0.25, 0.3) is 0 Å². The van der Waals surface area contributed by atoms with Gasteiger partial charge in [-0.1, -0.05) is 0 Å². The van der Waals surface area contributed by atoms with Crippen LogP contribution in [0, 0.1) is 0 Å². The molecular weight excluding hydrogens is 138 g/mol. The molecule has 2 heteroatoms. The predicted molar refractivity (Wildman–Crippen MR) is 44.8 cm³/mol. The molecule has 0 N–H and O–H groups in total. The van der Waals surface area contributed by atoms with Gasteiger partial charge in [0.1, 0.15) is 0 Å². The Morgan fingerprint density at radius 2 is 2.09 bits per heavy atom. The first-order valence-corrected chi connectivity index (χ1v) is 3.83. The smallest absolute Gasteiger partial charge is 0.172 e. The molecule has 60 valence electrons. The molecule has 0 aromatic carbocycles. The summed E-state index contributed by atoms with van der Waals surface area (Å²) in [5.74, 6) is 0.186. The summed E-state index contributed by atoms with van der Waals surface area (Å²) in [6.45, 7) is 6.34. The molecule has 0 radical (unpaired) electrons. The number of allylic oxidation sites excluding steroid dienone is 1. The van der Waals surface area contributed by atoms with Crippen LogP contribution in [-0.4, -0.2) is 22.1 Å². The average Bonchev–Trinajstić information content (AvgIpc) is 1.86. The van der Waals surface area contributed by atoms with Crippen molar-refractivity contribution in [3.05, 3.63) is 12.3 Å². The van der Waals surface area contributed by atoms with Gasteiger partial charge in [-0.2, -0.15) is 0 Å². The second kappa shape index (κ2) is 2.61. The molecule has 0 saturated heterocycles. The van der Waals surface area contributed by atoms with Gasteiger partial charge in [0.15, 0.2) is 23.7 Å². The van der Waals surface area contributed by atoms with Gasteiger partial charge in [-0.05, 0) is 0 Å². The van der Waals surface area contributed by atoms with E-state index >= 15 is 0 Å². The Morgan fingerprint density at radius 3 is 2.45 bits per heavy atom. The van der Waals surface area contributed by atoms with Crippen molar-refractivity contribution in [1.82, 2.24) is 0 Å². The third-order valence-corrected chi connectivity index (χ3v) is 1.68. The number of nitrogens with zero attached hydrogens (tertiary/aromatic N) is 1. The first kappa shape index (κ1) is 8.18. The lowest BCUT2D eigenvalue weighted by Gasteiger charge is -2.15. The highest BCUT2D eigenvalue weighted by Gasteiger charge is 2.24. The van der Waals surface area contributed by atoms with Crippen LogP contribution in [-0.2, 0) is 4.79 Å². The summed E-state index contributed by atoms with van der Waals surface area (Å²) in [4.78, 5) is 10.8. The number of ketones is 1. The van der Waals surface area contributed by atoms with Crippen molar-refractivity contribution in [2.45, 2.75) is 32.7 Å². The summed E-state index contributed by atoms with van der Waals surface area (Å²) in [6.07, 6.45) is 5.94. The Hall–Kier alpha value is -0.920. The summed E-state index contributed by atoms with van der Waals surface area (Å²) in [5, 5.41) is 0. The van der Waals surface area contributed by atoms with Crippen LogP contribution in [0.1, 0.15) is 27.2 Å². The van der Waals surface area contributed by atoms with Gasteiger partial charge in [-0.25, -0.2) is 4.58 Å². The summed E-state index contributed by atoms with van der Waals surface area (Å²) in [7, 11) is 0. The molecule has 0 spiro atoms. The fourth-order valence-corrected chi connectivity index (χ4v) is 0.978. The van der Waals surface area contributed by atoms with Crippen LogP contribution in [0.15, 0.2) is 12.3 Å². The van der Waals surface area contributed by atoms with Crippen LogP contribution in [0.4, 0.5) is 0 Å². The lowest BCUT2D eigenvalue weighted by atomic mass is 10.1. The first-order chi connectivity index (χ1) is 5.00. The van der Waals surface area contributed by atoms with E-state index in [2.05, 4.69) is 25.3 Å². The first-order valence-electron chi connectivity index (χ1n) is 3.83. The van der Waals surface area contributed by atoms with Gasteiger partial charge in [0, 0.05) is 26.8 Å².